The SMILES string of the molecule is O=C(NC1CCCCC1)C(c1ccc2ncccc2c1)N(C(=O)c1ccc2c(c1)OCCO2)c1cccc(F)c1. The molecule has 4 aromatic rings. The van der Waals surface area contributed by atoms with E-state index in [2.05, 4.69) is 10.3 Å². The van der Waals surface area contributed by atoms with Gasteiger partial charge in [0.15, 0.2) is 11.5 Å². The molecule has 0 saturated heterocycles. The van der Waals surface area contributed by atoms with Crippen molar-refractivity contribution in [1.29, 1.82) is 0 Å². The molecule has 8 heteroatoms. The fraction of sp³-hybridized carbons (Fsp3) is 0.281. The Morgan fingerprint density at radius 1 is 0.900 bits per heavy atom. The van der Waals surface area contributed by atoms with Crippen molar-refractivity contribution in [2.24, 2.45) is 0 Å². The van der Waals surface area contributed by atoms with Gasteiger partial charge in [-0.05, 0) is 73.0 Å². The highest BCUT2D eigenvalue weighted by Gasteiger charge is 2.35. The molecule has 0 bridgehead atoms. The van der Waals surface area contributed by atoms with Crippen molar-refractivity contribution in [3.8, 4) is 11.5 Å². The van der Waals surface area contributed by atoms with Crippen LogP contribution in [0.5, 0.6) is 11.5 Å². The lowest BCUT2D eigenvalue weighted by Gasteiger charge is -2.34. The minimum Gasteiger partial charge on any atom is -0.486 e. The first kappa shape index (κ1) is 25.8. The summed E-state index contributed by atoms with van der Waals surface area (Å²) < 4.78 is 25.9. The Kier molecular flexibility index (Phi) is 7.31. The second-order valence-electron chi connectivity index (χ2n) is 10.2. The fourth-order valence-corrected chi connectivity index (χ4v) is 5.53. The smallest absolute Gasteiger partial charge is 0.259 e. The van der Waals surface area contributed by atoms with Gasteiger partial charge in [-0.25, -0.2) is 4.39 Å². The summed E-state index contributed by atoms with van der Waals surface area (Å²) in [5.41, 5.74) is 1.94. The number of pyridine rings is 1. The van der Waals surface area contributed by atoms with Gasteiger partial charge in [0.1, 0.15) is 25.1 Å². The van der Waals surface area contributed by atoms with Gasteiger partial charge in [-0.15, -0.1) is 0 Å². The number of nitrogens with one attached hydrogen (secondary N) is 1. The predicted octanol–water partition coefficient (Wildman–Crippen LogP) is 5.98. The maximum Gasteiger partial charge on any atom is 0.259 e. The topological polar surface area (TPSA) is 80.8 Å². The van der Waals surface area contributed by atoms with E-state index in [0.717, 1.165) is 43.0 Å². The molecule has 1 N–H and O–H groups in total. The number of hydrogen-bond acceptors (Lipinski definition) is 5. The van der Waals surface area contributed by atoms with E-state index in [1.165, 1.54) is 23.1 Å². The van der Waals surface area contributed by atoms with Crippen LogP contribution in [-0.4, -0.2) is 36.1 Å². The Labute approximate surface area is 231 Å². The van der Waals surface area contributed by atoms with E-state index in [0.29, 0.717) is 35.8 Å². The molecule has 3 aromatic carbocycles. The van der Waals surface area contributed by atoms with Crippen LogP contribution in [0.2, 0.25) is 0 Å². The number of fused-ring (bicyclic) bond motifs is 2. The van der Waals surface area contributed by atoms with Gasteiger partial charge in [0.2, 0.25) is 5.91 Å². The zero-order chi connectivity index (χ0) is 27.5. The molecule has 7 nitrogen and oxygen atoms in total. The van der Waals surface area contributed by atoms with Gasteiger partial charge in [-0.3, -0.25) is 19.5 Å². The molecule has 2 aliphatic rings. The van der Waals surface area contributed by atoms with E-state index >= 15 is 0 Å². The van der Waals surface area contributed by atoms with Crippen LogP contribution in [0.3, 0.4) is 0 Å². The monoisotopic (exact) mass is 539 g/mol. The molecule has 40 heavy (non-hydrogen) atoms. The molecule has 1 fully saturated rings. The minimum absolute atomic E-state index is 0.0182. The van der Waals surface area contributed by atoms with Gasteiger partial charge < -0.3 is 14.8 Å². The number of nitrogens with zero attached hydrogens (tertiary/aromatic N) is 2. The number of halogens is 1. The Hall–Kier alpha value is -4.46. The summed E-state index contributed by atoms with van der Waals surface area (Å²) in [6.07, 6.45) is 6.71. The van der Waals surface area contributed by atoms with Gasteiger partial charge in [-0.2, -0.15) is 0 Å². The third kappa shape index (κ3) is 5.34. The van der Waals surface area contributed by atoms with Gasteiger partial charge >= 0.3 is 0 Å². The predicted molar refractivity (Wildman–Crippen MR) is 150 cm³/mol. The Balaban J connectivity index is 1.47. The number of carbonyl (C=O) groups excluding carboxylic acids is 2. The van der Waals surface area contributed by atoms with Gasteiger partial charge in [0.25, 0.3) is 5.91 Å². The zero-order valence-corrected chi connectivity index (χ0v) is 22.0. The van der Waals surface area contributed by atoms with Crippen molar-refractivity contribution in [2.75, 3.05) is 18.1 Å². The maximum atomic E-state index is 14.6. The summed E-state index contributed by atoms with van der Waals surface area (Å²) in [6, 6.07) is 18.9. The maximum absolute atomic E-state index is 14.6. The summed E-state index contributed by atoms with van der Waals surface area (Å²) in [6.45, 7) is 0.797. The molecule has 1 unspecified atom stereocenters. The highest BCUT2D eigenvalue weighted by atomic mass is 19.1. The second-order valence-corrected chi connectivity index (χ2v) is 10.2. The second kappa shape index (κ2) is 11.3. The number of aromatic nitrogens is 1. The molecule has 1 aliphatic heterocycles. The van der Waals surface area contributed by atoms with Gasteiger partial charge in [0, 0.05) is 28.9 Å². The first-order valence-electron chi connectivity index (χ1n) is 13.7. The summed E-state index contributed by atoms with van der Waals surface area (Å²) in [5, 5.41) is 4.03. The fourth-order valence-electron chi connectivity index (χ4n) is 5.53. The summed E-state index contributed by atoms with van der Waals surface area (Å²) in [4.78, 5) is 34.3. The molecule has 1 atom stereocenters. The lowest BCUT2D eigenvalue weighted by atomic mass is 9.94. The van der Waals surface area contributed by atoms with E-state index in [1.807, 2.05) is 30.3 Å². The summed E-state index contributed by atoms with van der Waals surface area (Å²) in [7, 11) is 0. The van der Waals surface area contributed by atoms with Crippen molar-refractivity contribution in [2.45, 2.75) is 44.2 Å². The van der Waals surface area contributed by atoms with Crippen molar-refractivity contribution in [3.05, 3.63) is 95.9 Å². The largest absolute Gasteiger partial charge is 0.486 e. The molecule has 0 radical (unpaired) electrons. The van der Waals surface area contributed by atoms with Crippen LogP contribution in [0.15, 0.2) is 79.0 Å². The molecule has 2 amide bonds. The Morgan fingerprint density at radius 3 is 2.55 bits per heavy atom. The molecule has 204 valence electrons. The zero-order valence-electron chi connectivity index (χ0n) is 22.0. The Morgan fingerprint density at radius 2 is 1.73 bits per heavy atom. The standard InChI is InChI=1S/C32H30FN3O4/c33-24-7-4-10-26(20-24)36(32(38)23-12-14-28-29(19-23)40-17-16-39-28)30(31(37)35-25-8-2-1-3-9-25)22-11-13-27-21(18-22)6-5-15-34-27/h4-7,10-15,18-20,25,30H,1-3,8-9,16-17H2,(H,35,37). The van der Waals surface area contributed by atoms with E-state index < -0.39 is 17.8 Å². The van der Waals surface area contributed by atoms with Crippen molar-refractivity contribution in [3.63, 3.8) is 0 Å². The van der Waals surface area contributed by atoms with Crippen LogP contribution in [-0.2, 0) is 4.79 Å². The van der Waals surface area contributed by atoms with Gasteiger partial charge in [-0.1, -0.05) is 37.5 Å². The van der Waals surface area contributed by atoms with Crippen LogP contribution in [0.1, 0.15) is 54.1 Å². The summed E-state index contributed by atoms with van der Waals surface area (Å²) >= 11 is 0. The normalized spacial score (nSPS) is 15.8. The highest BCUT2D eigenvalue weighted by molar-refractivity contribution is 6.10. The Bertz CT molecular complexity index is 1550. The molecule has 1 aliphatic carbocycles. The molecule has 2 heterocycles. The van der Waals surface area contributed by atoms with Crippen molar-refractivity contribution < 1.29 is 23.5 Å². The lowest BCUT2D eigenvalue weighted by molar-refractivity contribution is -0.123. The first-order chi connectivity index (χ1) is 19.6. The molecule has 1 aromatic heterocycles. The molecule has 6 rings (SSSR count). The minimum atomic E-state index is -1.06. The number of benzene rings is 3. The average molecular weight is 540 g/mol. The third-order valence-corrected chi connectivity index (χ3v) is 7.50. The van der Waals surface area contributed by atoms with E-state index in [1.54, 1.807) is 30.5 Å². The number of ether oxygens (including phenoxy) is 2. The van der Waals surface area contributed by atoms with Crippen LogP contribution in [0.25, 0.3) is 10.9 Å². The molecule has 0 spiro atoms. The molecular formula is C32H30FN3O4. The van der Waals surface area contributed by atoms with Crippen LogP contribution in [0, 0.1) is 5.82 Å². The van der Waals surface area contributed by atoms with E-state index in [4.69, 9.17) is 9.47 Å². The number of amides is 2. The van der Waals surface area contributed by atoms with Gasteiger partial charge in [0.05, 0.1) is 5.52 Å². The third-order valence-electron chi connectivity index (χ3n) is 7.50. The lowest BCUT2D eigenvalue weighted by Crippen LogP contribution is -2.47. The van der Waals surface area contributed by atoms with Crippen LogP contribution in [0.4, 0.5) is 10.1 Å². The van der Waals surface area contributed by atoms with E-state index in [9.17, 15) is 14.0 Å². The number of anilines is 1. The highest BCUT2D eigenvalue weighted by Crippen LogP contribution is 2.35. The van der Waals surface area contributed by atoms with Crippen LogP contribution < -0.4 is 19.7 Å². The summed E-state index contributed by atoms with van der Waals surface area (Å²) in [5.74, 6) is -0.278. The first-order valence-corrected chi connectivity index (χ1v) is 13.7. The van der Waals surface area contributed by atoms with Crippen LogP contribution >= 0.6 is 0 Å². The quantitative estimate of drug-likeness (QED) is 0.326. The average Bonchev–Trinajstić information content (AvgIpc) is 2.99. The molecule has 1 saturated carbocycles. The van der Waals surface area contributed by atoms with E-state index in [-0.39, 0.29) is 17.6 Å². The molecular weight excluding hydrogens is 509 g/mol. The number of carbonyl (C=O) groups is 2. The number of hydrogen-bond donors (Lipinski definition) is 1. The number of rotatable bonds is 6. The van der Waals surface area contributed by atoms with Crippen molar-refractivity contribution >= 4 is 28.4 Å². The van der Waals surface area contributed by atoms with Crippen molar-refractivity contribution in [1.82, 2.24) is 10.3 Å².